The van der Waals surface area contributed by atoms with Crippen molar-refractivity contribution in [3.63, 3.8) is 0 Å². The number of hydrogen-bond donors (Lipinski definition) is 1. The van der Waals surface area contributed by atoms with Crippen molar-refractivity contribution in [3.8, 4) is 0 Å². The summed E-state index contributed by atoms with van der Waals surface area (Å²) in [5.74, 6) is 0.467. The van der Waals surface area contributed by atoms with Gasteiger partial charge in [-0.05, 0) is 51.7 Å². The summed E-state index contributed by atoms with van der Waals surface area (Å²) in [5, 5.41) is 10.0. The Morgan fingerprint density at radius 1 is 1.38 bits per heavy atom. The molecular formula is C15H22ClN3O2. The molecule has 3 heterocycles. The summed E-state index contributed by atoms with van der Waals surface area (Å²) < 4.78 is 1.93. The molecule has 2 aliphatic rings. The normalized spacial score (nSPS) is 24.0. The van der Waals surface area contributed by atoms with Crippen LogP contribution in [0.5, 0.6) is 0 Å². The van der Waals surface area contributed by atoms with Crippen molar-refractivity contribution in [2.45, 2.75) is 51.0 Å². The highest BCUT2D eigenvalue weighted by Gasteiger charge is 2.34. The molecular weight excluding hydrogens is 290 g/mol. The molecule has 5 nitrogen and oxygen atoms in total. The first-order valence-electron chi connectivity index (χ1n) is 7.83. The van der Waals surface area contributed by atoms with Crippen LogP contribution in [0.15, 0.2) is 0 Å². The molecule has 3 rings (SSSR count). The van der Waals surface area contributed by atoms with E-state index in [9.17, 15) is 9.90 Å². The van der Waals surface area contributed by atoms with E-state index in [0.717, 1.165) is 56.8 Å². The van der Waals surface area contributed by atoms with Crippen LogP contribution in [0.4, 0.5) is 0 Å². The van der Waals surface area contributed by atoms with Crippen LogP contribution >= 0.6 is 11.6 Å². The molecule has 1 aromatic rings. The van der Waals surface area contributed by atoms with Gasteiger partial charge in [-0.15, -0.1) is 0 Å². The number of imidazole rings is 1. The van der Waals surface area contributed by atoms with Crippen LogP contribution < -0.4 is 0 Å². The lowest BCUT2D eigenvalue weighted by Gasteiger charge is -2.32. The van der Waals surface area contributed by atoms with Gasteiger partial charge < -0.3 is 14.6 Å². The fourth-order valence-corrected chi connectivity index (χ4v) is 3.92. The minimum atomic E-state index is -0.766. The van der Waals surface area contributed by atoms with Gasteiger partial charge in [0.25, 0.3) is 0 Å². The molecule has 2 aliphatic heterocycles. The minimum Gasteiger partial charge on any atom is -0.480 e. The van der Waals surface area contributed by atoms with E-state index in [0.29, 0.717) is 17.5 Å². The molecule has 1 saturated heterocycles. The lowest BCUT2D eigenvalue weighted by atomic mass is 9.94. The number of carbonyl (C=O) groups is 1. The van der Waals surface area contributed by atoms with Crippen molar-refractivity contribution in [2.75, 3.05) is 19.6 Å². The van der Waals surface area contributed by atoms with Crippen LogP contribution in [0, 0.1) is 0 Å². The summed E-state index contributed by atoms with van der Waals surface area (Å²) in [6, 6.07) is -0.493. The van der Waals surface area contributed by atoms with Crippen LogP contribution in [-0.4, -0.2) is 45.2 Å². The molecule has 0 radical (unpaired) electrons. The Balaban J connectivity index is 1.91. The lowest BCUT2D eigenvalue weighted by Crippen LogP contribution is -2.34. The van der Waals surface area contributed by atoms with Gasteiger partial charge in [0.05, 0.1) is 5.69 Å². The molecule has 0 saturated carbocycles. The van der Waals surface area contributed by atoms with Gasteiger partial charge in [0, 0.05) is 5.92 Å². The number of hydrogen-bond acceptors (Lipinski definition) is 3. The van der Waals surface area contributed by atoms with E-state index in [-0.39, 0.29) is 0 Å². The van der Waals surface area contributed by atoms with E-state index in [1.54, 1.807) is 0 Å². The second-order valence-corrected chi connectivity index (χ2v) is 6.39. The fraction of sp³-hybridized carbons (Fsp3) is 0.733. The molecule has 1 atom stereocenters. The highest BCUT2D eigenvalue weighted by molar-refractivity contribution is 6.30. The molecule has 1 unspecified atom stereocenters. The quantitative estimate of drug-likeness (QED) is 0.932. The minimum absolute atomic E-state index is 0.332. The number of carboxylic acids is 1. The largest absolute Gasteiger partial charge is 0.480 e. The molecule has 0 aliphatic carbocycles. The number of piperidine rings is 1. The third kappa shape index (κ3) is 2.69. The number of fused-ring (bicyclic) bond motifs is 1. The van der Waals surface area contributed by atoms with Crippen molar-refractivity contribution in [3.05, 3.63) is 16.7 Å². The number of aromatic nitrogens is 2. The SMILES string of the molecule is CCN1CCC(c2nc(Cl)c3n2C(C(=O)O)CCC3)CC1. The van der Waals surface area contributed by atoms with Crippen molar-refractivity contribution in [2.24, 2.45) is 0 Å². The molecule has 0 aromatic carbocycles. The summed E-state index contributed by atoms with van der Waals surface area (Å²) in [6.45, 7) is 5.36. The van der Waals surface area contributed by atoms with Crippen molar-refractivity contribution in [1.82, 2.24) is 14.5 Å². The van der Waals surface area contributed by atoms with Gasteiger partial charge in [0.2, 0.25) is 0 Å². The Morgan fingerprint density at radius 3 is 2.71 bits per heavy atom. The third-order valence-electron chi connectivity index (χ3n) is 4.88. The molecule has 0 spiro atoms. The highest BCUT2D eigenvalue weighted by atomic mass is 35.5. The van der Waals surface area contributed by atoms with Crippen LogP contribution in [0.25, 0.3) is 0 Å². The zero-order valence-corrected chi connectivity index (χ0v) is 13.1. The summed E-state index contributed by atoms with van der Waals surface area (Å²) in [5.41, 5.74) is 0.920. The number of rotatable bonds is 3. The Hall–Kier alpha value is -1.07. The van der Waals surface area contributed by atoms with Crippen LogP contribution in [-0.2, 0) is 11.2 Å². The Kier molecular flexibility index (Phi) is 4.22. The van der Waals surface area contributed by atoms with Gasteiger partial charge in [-0.25, -0.2) is 9.78 Å². The standard InChI is InChI=1S/C15H22ClN3O2/c1-2-18-8-6-10(7-9-18)14-17-13(16)11-4-3-5-12(15(20)21)19(11)14/h10,12H,2-9H2,1H3,(H,20,21). The van der Waals surface area contributed by atoms with E-state index in [2.05, 4.69) is 16.8 Å². The Bertz CT molecular complexity index is 535. The topological polar surface area (TPSA) is 58.4 Å². The van der Waals surface area contributed by atoms with Crippen LogP contribution in [0.3, 0.4) is 0 Å². The van der Waals surface area contributed by atoms with E-state index < -0.39 is 12.0 Å². The number of likely N-dealkylation sites (tertiary alicyclic amines) is 1. The zero-order chi connectivity index (χ0) is 15.0. The Morgan fingerprint density at radius 2 is 2.10 bits per heavy atom. The van der Waals surface area contributed by atoms with Gasteiger partial charge in [-0.3, -0.25) is 0 Å². The van der Waals surface area contributed by atoms with E-state index in [1.807, 2.05) is 4.57 Å². The molecule has 1 N–H and O–H groups in total. The second-order valence-electron chi connectivity index (χ2n) is 6.03. The molecule has 116 valence electrons. The summed E-state index contributed by atoms with van der Waals surface area (Å²) in [7, 11) is 0. The first-order valence-corrected chi connectivity index (χ1v) is 8.21. The molecule has 1 aromatic heterocycles. The monoisotopic (exact) mass is 311 g/mol. The maximum atomic E-state index is 11.6. The average Bonchev–Trinajstić information content (AvgIpc) is 2.84. The molecule has 21 heavy (non-hydrogen) atoms. The summed E-state index contributed by atoms with van der Waals surface area (Å²) in [4.78, 5) is 18.5. The van der Waals surface area contributed by atoms with E-state index in [4.69, 9.17) is 11.6 Å². The maximum Gasteiger partial charge on any atom is 0.326 e. The first-order chi connectivity index (χ1) is 10.1. The van der Waals surface area contributed by atoms with E-state index >= 15 is 0 Å². The van der Waals surface area contributed by atoms with Crippen LogP contribution in [0.2, 0.25) is 5.15 Å². The van der Waals surface area contributed by atoms with Gasteiger partial charge >= 0.3 is 5.97 Å². The fourth-order valence-electron chi connectivity index (χ4n) is 3.65. The van der Waals surface area contributed by atoms with E-state index in [1.165, 1.54) is 0 Å². The highest BCUT2D eigenvalue weighted by Crippen LogP contribution is 2.37. The summed E-state index contributed by atoms with van der Waals surface area (Å²) >= 11 is 6.27. The third-order valence-corrected chi connectivity index (χ3v) is 5.18. The number of aliphatic carboxylic acids is 1. The number of nitrogens with zero attached hydrogens (tertiary/aromatic N) is 3. The second kappa shape index (κ2) is 5.97. The van der Waals surface area contributed by atoms with Gasteiger partial charge in [0.1, 0.15) is 11.9 Å². The van der Waals surface area contributed by atoms with Crippen molar-refractivity contribution < 1.29 is 9.90 Å². The number of halogens is 1. The van der Waals surface area contributed by atoms with Crippen molar-refractivity contribution in [1.29, 1.82) is 0 Å². The average molecular weight is 312 g/mol. The van der Waals surface area contributed by atoms with Gasteiger partial charge in [0.15, 0.2) is 5.15 Å². The smallest absolute Gasteiger partial charge is 0.326 e. The predicted molar refractivity (Wildman–Crippen MR) is 80.9 cm³/mol. The predicted octanol–water partition coefficient (Wildman–Crippen LogP) is 2.70. The lowest BCUT2D eigenvalue weighted by molar-refractivity contribution is -0.141. The Labute approximate surface area is 129 Å². The summed E-state index contributed by atoms with van der Waals surface area (Å²) in [6.07, 6.45) is 4.45. The number of carboxylic acid groups (broad SMARTS) is 1. The zero-order valence-electron chi connectivity index (χ0n) is 12.4. The molecule has 0 amide bonds. The maximum absolute atomic E-state index is 11.6. The van der Waals surface area contributed by atoms with Crippen molar-refractivity contribution >= 4 is 17.6 Å². The molecule has 1 fully saturated rings. The van der Waals surface area contributed by atoms with Gasteiger partial charge in [-0.1, -0.05) is 18.5 Å². The van der Waals surface area contributed by atoms with Gasteiger partial charge in [-0.2, -0.15) is 0 Å². The molecule has 6 heteroatoms. The van der Waals surface area contributed by atoms with Crippen LogP contribution in [0.1, 0.15) is 56.1 Å². The molecule has 0 bridgehead atoms. The first kappa shape index (κ1) is 14.9.